The van der Waals surface area contributed by atoms with Gasteiger partial charge in [-0.15, -0.1) is 0 Å². The summed E-state index contributed by atoms with van der Waals surface area (Å²) in [5, 5.41) is -7.00. The van der Waals surface area contributed by atoms with Crippen LogP contribution in [0.3, 0.4) is 0 Å². The van der Waals surface area contributed by atoms with Crippen molar-refractivity contribution < 1.29 is 52.5 Å². The van der Waals surface area contributed by atoms with Crippen molar-refractivity contribution in [3.63, 3.8) is 0 Å². The second-order valence-corrected chi connectivity index (χ2v) is 7.14. The molecule has 1 rings (SSSR count). The summed E-state index contributed by atoms with van der Waals surface area (Å²) in [6.45, 7) is 2.09. The maximum absolute atomic E-state index is 12.2. The van der Waals surface area contributed by atoms with Crippen molar-refractivity contribution >= 4 is 32.7 Å². The molecule has 0 saturated heterocycles. The largest absolute Gasteiger partial charge is 0.460 e. The second kappa shape index (κ2) is 7.46. The standard InChI is InChI=1S/C7H7I.C4HF9O3S/c1-6-2-4-7(8)5-3-6;5-1(6,3(9,10)11)2(7,8)4(12,13)17(14,15)16/h2-5H,1H3;(H,14,15,16). The molecule has 0 unspecified atom stereocenters. The Morgan fingerprint density at radius 3 is 1.44 bits per heavy atom. The Hall–Kier alpha value is -0.770. The highest BCUT2D eigenvalue weighted by molar-refractivity contribution is 14.1. The molecule has 1 N–H and O–H groups in total. The Balaban J connectivity index is 0.000000593. The van der Waals surface area contributed by atoms with E-state index in [0.29, 0.717) is 0 Å². The molecule has 0 spiro atoms. The van der Waals surface area contributed by atoms with Gasteiger partial charge >= 0.3 is 33.4 Å². The number of aryl methyl sites for hydroxylation is 1. The number of hydrogen-bond acceptors (Lipinski definition) is 2. The molecule has 3 nitrogen and oxygen atoms in total. The van der Waals surface area contributed by atoms with E-state index in [4.69, 9.17) is 4.55 Å². The highest BCUT2D eigenvalue weighted by atomic mass is 127. The lowest BCUT2D eigenvalue weighted by molar-refractivity contribution is -0.382. The molecule has 1 aromatic carbocycles. The summed E-state index contributed by atoms with van der Waals surface area (Å²) >= 11 is 2.30. The fraction of sp³-hybridized carbons (Fsp3) is 0.455. The number of halogens is 10. The van der Waals surface area contributed by atoms with Crippen molar-refractivity contribution in [1.29, 1.82) is 0 Å². The van der Waals surface area contributed by atoms with Crippen LogP contribution in [0.25, 0.3) is 0 Å². The van der Waals surface area contributed by atoms with E-state index in [-0.39, 0.29) is 0 Å². The number of hydrogen-bond donors (Lipinski definition) is 1. The molecule has 146 valence electrons. The van der Waals surface area contributed by atoms with Gasteiger partial charge in [0.15, 0.2) is 0 Å². The van der Waals surface area contributed by atoms with E-state index in [2.05, 4.69) is 53.8 Å². The highest BCUT2D eigenvalue weighted by Crippen LogP contribution is 2.54. The van der Waals surface area contributed by atoms with Crippen LogP contribution in [0.1, 0.15) is 5.56 Å². The molecular formula is C11H8F9IO3S. The Labute approximate surface area is 149 Å². The maximum Gasteiger partial charge on any atom is 0.460 e. The summed E-state index contributed by atoms with van der Waals surface area (Å²) in [5.74, 6) is -14.7. The molecule has 1 aromatic rings. The molecular weight excluding hydrogens is 510 g/mol. The zero-order valence-electron chi connectivity index (χ0n) is 11.8. The topological polar surface area (TPSA) is 54.4 Å². The SMILES string of the molecule is Cc1ccc(I)cc1.O=S(=O)(O)C(F)(F)C(F)(F)C(F)(F)C(F)(F)F. The molecule has 0 aliphatic heterocycles. The monoisotopic (exact) mass is 518 g/mol. The third-order valence-corrected chi connectivity index (χ3v) is 4.07. The van der Waals surface area contributed by atoms with Crippen molar-refractivity contribution in [2.45, 2.75) is 30.2 Å². The Bertz CT molecular complexity index is 663. The predicted molar refractivity (Wildman–Crippen MR) is 76.3 cm³/mol. The molecule has 0 amide bonds. The molecule has 14 heteroatoms. The fourth-order valence-corrected chi connectivity index (χ4v) is 1.87. The van der Waals surface area contributed by atoms with Crippen molar-refractivity contribution in [3.8, 4) is 0 Å². The first-order chi connectivity index (χ1) is 10.8. The van der Waals surface area contributed by atoms with Crippen LogP contribution in [0.5, 0.6) is 0 Å². The summed E-state index contributed by atoms with van der Waals surface area (Å²) in [5.41, 5.74) is 1.32. The van der Waals surface area contributed by atoms with Crippen LogP contribution in [0.4, 0.5) is 39.5 Å². The van der Waals surface area contributed by atoms with Crippen LogP contribution in [-0.4, -0.2) is 36.2 Å². The second-order valence-electron chi connectivity index (χ2n) is 4.43. The molecule has 0 atom stereocenters. The lowest BCUT2D eigenvalue weighted by Gasteiger charge is -2.31. The molecule has 25 heavy (non-hydrogen) atoms. The minimum absolute atomic E-state index is 1.30. The van der Waals surface area contributed by atoms with Crippen LogP contribution in [0, 0.1) is 10.5 Å². The van der Waals surface area contributed by atoms with Crippen molar-refractivity contribution in [2.24, 2.45) is 0 Å². The fourth-order valence-electron chi connectivity index (χ4n) is 1.06. The molecule has 0 saturated carbocycles. The van der Waals surface area contributed by atoms with Gasteiger partial charge in [0.05, 0.1) is 0 Å². The van der Waals surface area contributed by atoms with E-state index in [9.17, 15) is 47.9 Å². The van der Waals surface area contributed by atoms with E-state index in [1.807, 2.05) is 0 Å². The third-order valence-electron chi connectivity index (χ3n) is 2.45. The van der Waals surface area contributed by atoms with E-state index >= 15 is 0 Å². The van der Waals surface area contributed by atoms with Crippen LogP contribution in [0.15, 0.2) is 24.3 Å². The summed E-state index contributed by atoms with van der Waals surface area (Å²) in [4.78, 5) is 0. The lowest BCUT2D eigenvalue weighted by atomic mass is 10.1. The third kappa shape index (κ3) is 5.12. The molecule has 0 bridgehead atoms. The zero-order chi connectivity index (χ0) is 20.5. The summed E-state index contributed by atoms with van der Waals surface area (Å²) in [6.07, 6.45) is -7.13. The number of alkyl halides is 9. The lowest BCUT2D eigenvalue weighted by Crippen LogP contribution is -2.63. The highest BCUT2D eigenvalue weighted by Gasteiger charge is 2.85. The van der Waals surface area contributed by atoms with E-state index in [1.165, 1.54) is 9.13 Å². The van der Waals surface area contributed by atoms with Gasteiger partial charge in [-0.3, -0.25) is 4.55 Å². The van der Waals surface area contributed by atoms with Gasteiger partial charge in [-0.05, 0) is 41.6 Å². The van der Waals surface area contributed by atoms with E-state index < -0.39 is 33.4 Å². The normalized spacial score (nSPS) is 13.9. The first-order valence-electron chi connectivity index (χ1n) is 5.68. The molecule has 0 aromatic heterocycles. The molecule has 0 heterocycles. The quantitative estimate of drug-likeness (QED) is 0.352. The Morgan fingerprint density at radius 1 is 0.840 bits per heavy atom. The van der Waals surface area contributed by atoms with Crippen LogP contribution >= 0.6 is 22.6 Å². The first-order valence-corrected chi connectivity index (χ1v) is 8.20. The molecule has 0 aliphatic carbocycles. The molecule has 0 fully saturated rings. The van der Waals surface area contributed by atoms with Gasteiger partial charge in [0.25, 0.3) is 0 Å². The Kier molecular flexibility index (Phi) is 7.23. The van der Waals surface area contributed by atoms with Gasteiger partial charge in [0.1, 0.15) is 0 Å². The van der Waals surface area contributed by atoms with Crippen molar-refractivity contribution in [3.05, 3.63) is 33.4 Å². The molecule has 0 aliphatic rings. The van der Waals surface area contributed by atoms with E-state index in [0.717, 1.165) is 0 Å². The van der Waals surface area contributed by atoms with Gasteiger partial charge < -0.3 is 0 Å². The van der Waals surface area contributed by atoms with Gasteiger partial charge in [0.2, 0.25) is 0 Å². The number of rotatable bonds is 3. The maximum atomic E-state index is 12.2. The predicted octanol–water partition coefficient (Wildman–Crippen LogP) is 4.90. The van der Waals surface area contributed by atoms with Crippen molar-refractivity contribution in [1.82, 2.24) is 0 Å². The van der Waals surface area contributed by atoms with Crippen LogP contribution < -0.4 is 0 Å². The molecule has 0 radical (unpaired) electrons. The zero-order valence-corrected chi connectivity index (χ0v) is 14.7. The van der Waals surface area contributed by atoms with E-state index in [1.54, 1.807) is 0 Å². The van der Waals surface area contributed by atoms with Crippen LogP contribution in [0.2, 0.25) is 0 Å². The van der Waals surface area contributed by atoms with Gasteiger partial charge in [-0.25, -0.2) is 0 Å². The Morgan fingerprint density at radius 2 is 1.20 bits per heavy atom. The van der Waals surface area contributed by atoms with Gasteiger partial charge in [-0.1, -0.05) is 17.7 Å². The summed E-state index contributed by atoms with van der Waals surface area (Å²) < 4.78 is 135. The number of benzene rings is 1. The average Bonchev–Trinajstić information content (AvgIpc) is 2.40. The average molecular weight is 518 g/mol. The van der Waals surface area contributed by atoms with Crippen molar-refractivity contribution in [2.75, 3.05) is 0 Å². The van der Waals surface area contributed by atoms with Crippen LogP contribution in [-0.2, 0) is 10.1 Å². The summed E-state index contributed by atoms with van der Waals surface area (Å²) in [6, 6.07) is 8.44. The minimum atomic E-state index is -7.37. The van der Waals surface area contributed by atoms with Gasteiger partial charge in [0, 0.05) is 3.57 Å². The smallest absolute Gasteiger partial charge is 0.281 e. The minimum Gasteiger partial charge on any atom is -0.281 e. The first kappa shape index (κ1) is 24.2. The van der Waals surface area contributed by atoms with Gasteiger partial charge in [-0.2, -0.15) is 47.9 Å². The summed E-state index contributed by atoms with van der Waals surface area (Å²) in [7, 11) is -7.17.